The van der Waals surface area contributed by atoms with Crippen LogP contribution in [0.2, 0.25) is 0 Å². The molecule has 4 heterocycles. The molecule has 1 unspecified atom stereocenters. The van der Waals surface area contributed by atoms with Crippen molar-refractivity contribution in [3.8, 4) is 0 Å². The van der Waals surface area contributed by atoms with E-state index in [4.69, 9.17) is 14.2 Å². The molecule has 0 N–H and O–H groups in total. The third-order valence-electron chi connectivity index (χ3n) is 6.08. The van der Waals surface area contributed by atoms with E-state index in [0.717, 1.165) is 18.4 Å². The average molecular weight is 447 g/mol. The topological polar surface area (TPSA) is 102 Å². The Morgan fingerprint density at radius 3 is 2.72 bits per heavy atom. The third kappa shape index (κ3) is 5.95. The van der Waals surface area contributed by atoms with Crippen molar-refractivity contribution in [3.63, 3.8) is 0 Å². The van der Waals surface area contributed by atoms with Gasteiger partial charge in [-0.15, -0.1) is 0 Å². The minimum atomic E-state index is -0.495. The molecule has 10 nitrogen and oxygen atoms in total. The van der Waals surface area contributed by atoms with E-state index in [0.29, 0.717) is 45.4 Å². The summed E-state index contributed by atoms with van der Waals surface area (Å²) in [6.07, 6.45) is 4.45. The predicted molar refractivity (Wildman–Crippen MR) is 112 cm³/mol. The van der Waals surface area contributed by atoms with E-state index in [-0.39, 0.29) is 44.2 Å². The van der Waals surface area contributed by atoms with E-state index in [9.17, 15) is 14.4 Å². The molecule has 174 valence electrons. The molecule has 3 fully saturated rings. The van der Waals surface area contributed by atoms with E-state index < -0.39 is 6.09 Å². The van der Waals surface area contributed by atoms with Crippen LogP contribution in [0, 0.1) is 5.92 Å². The maximum absolute atomic E-state index is 13.1. The second-order valence-corrected chi connectivity index (χ2v) is 8.46. The van der Waals surface area contributed by atoms with Gasteiger partial charge in [-0.2, -0.15) is 0 Å². The number of carbonyl (C=O) groups excluding carboxylic acids is 3. The molecule has 3 aliphatic rings. The van der Waals surface area contributed by atoms with Crippen LogP contribution in [0.4, 0.5) is 4.79 Å². The van der Waals surface area contributed by atoms with Gasteiger partial charge in [0, 0.05) is 45.2 Å². The summed E-state index contributed by atoms with van der Waals surface area (Å²) in [5, 5.41) is 0. The average Bonchev–Trinajstić information content (AvgIpc) is 3.14. The van der Waals surface area contributed by atoms with Crippen LogP contribution in [0.3, 0.4) is 0 Å². The Balaban J connectivity index is 1.43. The molecule has 1 atom stereocenters. The Bertz CT molecular complexity index is 801. The predicted octanol–water partition coefficient (Wildman–Crippen LogP) is 0.516. The highest BCUT2D eigenvalue weighted by molar-refractivity contribution is 5.88. The standard InChI is InChI=1S/C22H30N4O6/c27-20(14-24-6-9-31-22(24)29)26-13-19(32-16-18-2-1-5-23-10-18)12-25(21(28)15-26)11-17-3-7-30-8-4-17/h1-2,5,10,17,19H,3-4,6-9,11-16H2. The first-order chi connectivity index (χ1) is 15.6. The number of pyridine rings is 1. The fourth-order valence-electron chi connectivity index (χ4n) is 4.22. The Morgan fingerprint density at radius 2 is 2.00 bits per heavy atom. The van der Waals surface area contributed by atoms with Crippen LogP contribution in [-0.4, -0.2) is 103 Å². The Kier molecular flexibility index (Phi) is 7.54. The summed E-state index contributed by atoms with van der Waals surface area (Å²) >= 11 is 0. The summed E-state index contributed by atoms with van der Waals surface area (Å²) in [5.74, 6) is 0.00899. The van der Waals surface area contributed by atoms with E-state index in [1.165, 1.54) is 9.80 Å². The normalized spacial score (nSPS) is 22.8. The number of nitrogens with zero attached hydrogens (tertiary/aromatic N) is 4. The summed E-state index contributed by atoms with van der Waals surface area (Å²) in [4.78, 5) is 46.5. The molecule has 10 heteroatoms. The molecule has 0 spiro atoms. The van der Waals surface area contributed by atoms with E-state index in [2.05, 4.69) is 4.98 Å². The monoisotopic (exact) mass is 446 g/mol. The molecule has 3 amide bonds. The van der Waals surface area contributed by atoms with E-state index in [1.807, 2.05) is 17.0 Å². The third-order valence-corrected chi connectivity index (χ3v) is 6.08. The number of rotatable bonds is 7. The number of aromatic nitrogens is 1. The van der Waals surface area contributed by atoms with Crippen LogP contribution < -0.4 is 0 Å². The molecule has 3 aliphatic heterocycles. The summed E-state index contributed by atoms with van der Waals surface area (Å²) in [7, 11) is 0. The summed E-state index contributed by atoms with van der Waals surface area (Å²) in [6, 6.07) is 3.77. The van der Waals surface area contributed by atoms with Gasteiger partial charge >= 0.3 is 6.09 Å². The highest BCUT2D eigenvalue weighted by Crippen LogP contribution is 2.19. The number of ether oxygens (including phenoxy) is 3. The molecule has 1 aromatic rings. The first-order valence-electron chi connectivity index (χ1n) is 11.1. The number of carbonyl (C=O) groups is 3. The van der Waals surface area contributed by atoms with Gasteiger partial charge in [0.2, 0.25) is 11.8 Å². The molecule has 0 radical (unpaired) electrons. The molecule has 0 aliphatic carbocycles. The van der Waals surface area contributed by atoms with E-state index >= 15 is 0 Å². The van der Waals surface area contributed by atoms with Crippen LogP contribution in [-0.2, 0) is 30.4 Å². The quantitative estimate of drug-likeness (QED) is 0.602. The van der Waals surface area contributed by atoms with E-state index in [1.54, 1.807) is 12.4 Å². The highest BCUT2D eigenvalue weighted by Gasteiger charge is 2.34. The zero-order chi connectivity index (χ0) is 22.3. The minimum Gasteiger partial charge on any atom is -0.448 e. The van der Waals surface area contributed by atoms with Gasteiger partial charge in [-0.1, -0.05) is 6.07 Å². The van der Waals surface area contributed by atoms with Crippen molar-refractivity contribution < 1.29 is 28.6 Å². The van der Waals surface area contributed by atoms with Crippen molar-refractivity contribution in [2.75, 3.05) is 59.1 Å². The zero-order valence-corrected chi connectivity index (χ0v) is 18.2. The summed E-state index contributed by atoms with van der Waals surface area (Å²) < 4.78 is 16.5. The molecule has 0 bridgehead atoms. The first-order valence-corrected chi connectivity index (χ1v) is 11.1. The Labute approximate surface area is 187 Å². The molecule has 32 heavy (non-hydrogen) atoms. The largest absolute Gasteiger partial charge is 0.448 e. The second-order valence-electron chi connectivity index (χ2n) is 8.46. The molecular weight excluding hydrogens is 416 g/mol. The lowest BCUT2D eigenvalue weighted by Gasteiger charge is -2.30. The lowest BCUT2D eigenvalue weighted by Crippen LogP contribution is -2.45. The zero-order valence-electron chi connectivity index (χ0n) is 18.2. The maximum Gasteiger partial charge on any atom is 0.410 e. The van der Waals surface area contributed by atoms with Gasteiger partial charge in [-0.05, 0) is 30.4 Å². The molecule has 4 rings (SSSR count). The van der Waals surface area contributed by atoms with Crippen molar-refractivity contribution in [2.24, 2.45) is 5.92 Å². The van der Waals surface area contributed by atoms with Gasteiger partial charge in [0.1, 0.15) is 13.2 Å². The Hall–Kier alpha value is -2.72. The number of cyclic esters (lactones) is 1. The molecule has 0 saturated carbocycles. The van der Waals surface area contributed by atoms with Crippen LogP contribution >= 0.6 is 0 Å². The number of hydrogen-bond acceptors (Lipinski definition) is 7. The lowest BCUT2D eigenvalue weighted by molar-refractivity contribution is -0.139. The van der Waals surface area contributed by atoms with Crippen molar-refractivity contribution in [2.45, 2.75) is 25.6 Å². The fourth-order valence-corrected chi connectivity index (χ4v) is 4.22. The summed E-state index contributed by atoms with van der Waals surface area (Å²) in [5.41, 5.74) is 0.928. The van der Waals surface area contributed by atoms with Gasteiger partial charge in [-0.3, -0.25) is 19.5 Å². The van der Waals surface area contributed by atoms with Crippen molar-refractivity contribution in [3.05, 3.63) is 30.1 Å². The van der Waals surface area contributed by atoms with Crippen molar-refractivity contribution in [1.82, 2.24) is 19.7 Å². The first kappa shape index (κ1) is 22.5. The summed E-state index contributed by atoms with van der Waals surface area (Å²) in [6.45, 7) is 3.66. The molecule has 3 saturated heterocycles. The molecule has 0 aromatic carbocycles. The van der Waals surface area contributed by atoms with Crippen LogP contribution in [0.25, 0.3) is 0 Å². The van der Waals surface area contributed by atoms with Gasteiger partial charge in [-0.25, -0.2) is 4.79 Å². The maximum atomic E-state index is 13.1. The van der Waals surface area contributed by atoms with Crippen molar-refractivity contribution >= 4 is 17.9 Å². The number of amides is 3. The smallest absolute Gasteiger partial charge is 0.410 e. The Morgan fingerprint density at radius 1 is 1.16 bits per heavy atom. The van der Waals surface area contributed by atoms with Crippen LogP contribution in [0.1, 0.15) is 18.4 Å². The van der Waals surface area contributed by atoms with Gasteiger partial charge in [0.05, 0.1) is 25.8 Å². The number of hydrogen-bond donors (Lipinski definition) is 0. The second kappa shape index (κ2) is 10.7. The van der Waals surface area contributed by atoms with Gasteiger partial charge in [0.25, 0.3) is 0 Å². The van der Waals surface area contributed by atoms with Crippen LogP contribution in [0.5, 0.6) is 0 Å². The van der Waals surface area contributed by atoms with Gasteiger partial charge in [0.15, 0.2) is 0 Å². The minimum absolute atomic E-state index is 0.0162. The molecular formula is C22H30N4O6. The SMILES string of the molecule is O=C(CN1CCOC1=O)N1CC(=O)N(CC2CCOCC2)CC(OCc2cccnc2)C1. The van der Waals surface area contributed by atoms with Crippen LogP contribution in [0.15, 0.2) is 24.5 Å². The van der Waals surface area contributed by atoms with Gasteiger partial charge < -0.3 is 24.0 Å². The fraction of sp³-hybridized carbons (Fsp3) is 0.636. The molecule has 1 aromatic heterocycles. The van der Waals surface area contributed by atoms with Crippen molar-refractivity contribution in [1.29, 1.82) is 0 Å². The lowest BCUT2D eigenvalue weighted by atomic mass is 9.99. The highest BCUT2D eigenvalue weighted by atomic mass is 16.6.